The number of carbonyl (C=O) groups excluding carboxylic acids is 3. The molecule has 6 nitrogen and oxygen atoms in total. The fraction of sp³-hybridized carbons (Fsp3) is 0.500. The lowest BCUT2D eigenvalue weighted by Gasteiger charge is -2.14. The number of aryl methyl sites for hydroxylation is 2. The number of fused-ring (bicyclic) bond motifs is 1. The number of hydrogen-bond donors (Lipinski definition) is 2. The number of hydrogen-bond acceptors (Lipinski definition) is 3. The van der Waals surface area contributed by atoms with Gasteiger partial charge in [0.1, 0.15) is 12.6 Å². The molecular weight excluding hydrogens is 306 g/mol. The van der Waals surface area contributed by atoms with Gasteiger partial charge in [-0.3, -0.25) is 14.5 Å². The fourth-order valence-electron chi connectivity index (χ4n) is 3.35. The van der Waals surface area contributed by atoms with Crippen LogP contribution in [0.2, 0.25) is 0 Å². The quantitative estimate of drug-likeness (QED) is 0.812. The van der Waals surface area contributed by atoms with Gasteiger partial charge in [-0.25, -0.2) is 4.79 Å². The van der Waals surface area contributed by atoms with E-state index in [1.165, 1.54) is 11.1 Å². The Balaban J connectivity index is 1.60. The topological polar surface area (TPSA) is 78.5 Å². The summed E-state index contributed by atoms with van der Waals surface area (Å²) in [6.07, 6.45) is 3.84. The summed E-state index contributed by atoms with van der Waals surface area (Å²) in [5, 5.41) is 5.43. The van der Waals surface area contributed by atoms with Gasteiger partial charge in [0.25, 0.3) is 5.91 Å². The van der Waals surface area contributed by atoms with Crippen LogP contribution < -0.4 is 10.6 Å². The highest BCUT2D eigenvalue weighted by molar-refractivity contribution is 6.07. The van der Waals surface area contributed by atoms with Gasteiger partial charge >= 0.3 is 6.03 Å². The van der Waals surface area contributed by atoms with Crippen molar-refractivity contribution in [2.45, 2.75) is 45.6 Å². The van der Waals surface area contributed by atoms with Crippen molar-refractivity contribution in [3.05, 3.63) is 29.3 Å². The van der Waals surface area contributed by atoms with Crippen LogP contribution in [0.5, 0.6) is 0 Å². The van der Waals surface area contributed by atoms with Crippen LogP contribution in [0.1, 0.15) is 37.8 Å². The van der Waals surface area contributed by atoms with Gasteiger partial charge in [-0.1, -0.05) is 19.9 Å². The lowest BCUT2D eigenvalue weighted by Crippen LogP contribution is -2.38. The van der Waals surface area contributed by atoms with Crippen molar-refractivity contribution in [3.8, 4) is 0 Å². The monoisotopic (exact) mass is 329 g/mol. The summed E-state index contributed by atoms with van der Waals surface area (Å²) in [6.45, 7) is 3.72. The van der Waals surface area contributed by atoms with Crippen LogP contribution in [0, 0.1) is 5.92 Å². The van der Waals surface area contributed by atoms with E-state index in [9.17, 15) is 14.4 Å². The first-order valence-corrected chi connectivity index (χ1v) is 8.47. The molecule has 0 saturated carbocycles. The third-order valence-corrected chi connectivity index (χ3v) is 4.50. The summed E-state index contributed by atoms with van der Waals surface area (Å²) in [5.74, 6) is -0.390. The molecule has 0 aromatic heterocycles. The van der Waals surface area contributed by atoms with E-state index in [2.05, 4.69) is 10.6 Å². The van der Waals surface area contributed by atoms with Gasteiger partial charge in [-0.15, -0.1) is 0 Å². The Morgan fingerprint density at radius 3 is 2.79 bits per heavy atom. The Bertz CT molecular complexity index is 684. The van der Waals surface area contributed by atoms with Crippen LogP contribution in [0.15, 0.2) is 18.2 Å². The van der Waals surface area contributed by atoms with Crippen molar-refractivity contribution in [1.29, 1.82) is 0 Å². The first kappa shape index (κ1) is 16.5. The minimum atomic E-state index is -0.523. The van der Waals surface area contributed by atoms with Crippen molar-refractivity contribution in [2.24, 2.45) is 5.92 Å². The molecule has 0 bridgehead atoms. The maximum Gasteiger partial charge on any atom is 0.325 e. The number of nitrogens with zero attached hydrogens (tertiary/aromatic N) is 1. The normalized spacial score (nSPS) is 19.6. The third-order valence-electron chi connectivity index (χ3n) is 4.50. The average molecular weight is 329 g/mol. The molecule has 0 unspecified atom stereocenters. The highest BCUT2D eigenvalue weighted by Gasteiger charge is 2.38. The molecule has 1 aliphatic carbocycles. The number of rotatable bonds is 5. The number of benzene rings is 1. The summed E-state index contributed by atoms with van der Waals surface area (Å²) >= 11 is 0. The van der Waals surface area contributed by atoms with Crippen LogP contribution in [-0.4, -0.2) is 35.3 Å². The SMILES string of the molecule is CC(C)C[C@@H]1NC(=O)N(CC(=O)Nc2ccc3c(c2)CCC3)C1=O. The Kier molecular flexibility index (Phi) is 4.55. The Labute approximate surface area is 141 Å². The molecule has 1 fully saturated rings. The smallest absolute Gasteiger partial charge is 0.325 e. The molecule has 4 amide bonds. The Morgan fingerprint density at radius 1 is 1.29 bits per heavy atom. The highest BCUT2D eigenvalue weighted by atomic mass is 16.2. The minimum Gasteiger partial charge on any atom is -0.326 e. The average Bonchev–Trinajstić information content (AvgIpc) is 3.07. The van der Waals surface area contributed by atoms with Crippen molar-refractivity contribution in [3.63, 3.8) is 0 Å². The highest BCUT2D eigenvalue weighted by Crippen LogP contribution is 2.25. The minimum absolute atomic E-state index is 0.254. The van der Waals surface area contributed by atoms with Gasteiger partial charge in [0.15, 0.2) is 0 Å². The lowest BCUT2D eigenvalue weighted by molar-refractivity contribution is -0.131. The molecular formula is C18H23N3O3. The van der Waals surface area contributed by atoms with E-state index in [1.807, 2.05) is 32.0 Å². The first-order valence-electron chi connectivity index (χ1n) is 8.47. The van der Waals surface area contributed by atoms with E-state index in [1.54, 1.807) is 0 Å². The molecule has 24 heavy (non-hydrogen) atoms. The molecule has 1 saturated heterocycles. The van der Waals surface area contributed by atoms with E-state index in [-0.39, 0.29) is 18.4 Å². The first-order chi connectivity index (χ1) is 11.4. The Hall–Kier alpha value is -2.37. The molecule has 0 radical (unpaired) electrons. The van der Waals surface area contributed by atoms with E-state index in [0.717, 1.165) is 24.2 Å². The molecule has 1 aromatic rings. The largest absolute Gasteiger partial charge is 0.326 e. The predicted molar refractivity (Wildman–Crippen MR) is 90.6 cm³/mol. The zero-order chi connectivity index (χ0) is 17.3. The summed E-state index contributed by atoms with van der Waals surface area (Å²) in [5.41, 5.74) is 3.31. The van der Waals surface area contributed by atoms with Gasteiger partial charge < -0.3 is 10.6 Å². The number of amides is 4. The molecule has 128 valence electrons. The Morgan fingerprint density at radius 2 is 2.04 bits per heavy atom. The van der Waals surface area contributed by atoms with Crippen LogP contribution in [0.25, 0.3) is 0 Å². The van der Waals surface area contributed by atoms with Crippen LogP contribution in [0.3, 0.4) is 0 Å². The fourth-order valence-corrected chi connectivity index (χ4v) is 3.35. The number of anilines is 1. The van der Waals surface area contributed by atoms with Crippen molar-refractivity contribution < 1.29 is 14.4 Å². The molecule has 1 heterocycles. The summed E-state index contributed by atoms with van der Waals surface area (Å²) in [6, 6.07) is 4.87. The van der Waals surface area contributed by atoms with Crippen LogP contribution in [0.4, 0.5) is 10.5 Å². The van der Waals surface area contributed by atoms with Gasteiger partial charge in [0.2, 0.25) is 5.91 Å². The molecule has 6 heteroatoms. The summed E-state index contributed by atoms with van der Waals surface area (Å²) in [4.78, 5) is 37.4. The number of carbonyl (C=O) groups is 3. The molecule has 3 rings (SSSR count). The second-order valence-corrected chi connectivity index (χ2v) is 6.94. The second-order valence-electron chi connectivity index (χ2n) is 6.94. The van der Waals surface area contributed by atoms with Crippen molar-refractivity contribution in [1.82, 2.24) is 10.2 Å². The van der Waals surface area contributed by atoms with E-state index < -0.39 is 12.1 Å². The summed E-state index contributed by atoms with van der Waals surface area (Å²) < 4.78 is 0. The second kappa shape index (κ2) is 6.63. The van der Waals surface area contributed by atoms with Gasteiger partial charge in [0, 0.05) is 5.69 Å². The zero-order valence-corrected chi connectivity index (χ0v) is 14.1. The third kappa shape index (κ3) is 3.42. The number of nitrogens with one attached hydrogen (secondary N) is 2. The van der Waals surface area contributed by atoms with Crippen LogP contribution >= 0.6 is 0 Å². The maximum atomic E-state index is 12.3. The van der Waals surface area contributed by atoms with Crippen LogP contribution in [-0.2, 0) is 22.4 Å². The maximum absolute atomic E-state index is 12.3. The molecule has 0 spiro atoms. The molecule has 1 aromatic carbocycles. The van der Waals surface area contributed by atoms with Crippen molar-refractivity contribution >= 4 is 23.5 Å². The van der Waals surface area contributed by atoms with Gasteiger partial charge in [0.05, 0.1) is 0 Å². The molecule has 2 aliphatic rings. The van der Waals surface area contributed by atoms with Gasteiger partial charge in [-0.05, 0) is 54.9 Å². The molecule has 1 atom stereocenters. The number of imide groups is 1. The van der Waals surface area contributed by atoms with E-state index >= 15 is 0 Å². The summed E-state index contributed by atoms with van der Waals surface area (Å²) in [7, 11) is 0. The van der Waals surface area contributed by atoms with E-state index in [0.29, 0.717) is 18.0 Å². The van der Waals surface area contributed by atoms with Crippen molar-refractivity contribution in [2.75, 3.05) is 11.9 Å². The molecule has 2 N–H and O–H groups in total. The molecule has 1 aliphatic heterocycles. The standard InChI is InChI=1S/C18H23N3O3/c1-11(2)8-15-17(23)21(18(24)20-15)10-16(22)19-14-7-6-12-4-3-5-13(12)9-14/h6-7,9,11,15H,3-5,8,10H2,1-2H3,(H,19,22)(H,20,24)/t15-/m0/s1. The zero-order valence-electron chi connectivity index (χ0n) is 14.1. The predicted octanol–water partition coefficient (Wildman–Crippen LogP) is 2.08. The van der Waals surface area contributed by atoms with E-state index in [4.69, 9.17) is 0 Å². The number of urea groups is 1. The lowest BCUT2D eigenvalue weighted by atomic mass is 10.0. The van der Waals surface area contributed by atoms with Gasteiger partial charge in [-0.2, -0.15) is 0 Å².